The number of carbonyl (C=O) groups is 3. The molecule has 2 aliphatic rings. The van der Waals surface area contributed by atoms with Crippen molar-refractivity contribution in [2.75, 3.05) is 32.8 Å². The van der Waals surface area contributed by atoms with Crippen LogP contribution in [0.2, 0.25) is 0 Å². The van der Waals surface area contributed by atoms with Crippen LogP contribution in [0.1, 0.15) is 24.3 Å². The maximum atomic E-state index is 13.5. The Morgan fingerprint density at radius 2 is 1.74 bits per heavy atom. The number of hydrogen-bond donors (Lipinski definition) is 1. The molecule has 1 N–H and O–H groups in total. The summed E-state index contributed by atoms with van der Waals surface area (Å²) in [4.78, 5) is 38.8. The topological polar surface area (TPSA) is 87.2 Å². The van der Waals surface area contributed by atoms with Gasteiger partial charge in [-0.1, -0.05) is 0 Å². The zero-order valence-corrected chi connectivity index (χ0v) is 14.6. The van der Waals surface area contributed by atoms with Crippen molar-refractivity contribution in [3.05, 3.63) is 35.4 Å². The first-order valence-corrected chi connectivity index (χ1v) is 8.69. The number of benzene rings is 1. The highest BCUT2D eigenvalue weighted by Crippen LogP contribution is 2.33. The number of ketones is 1. The number of carbonyl (C=O) groups excluding carboxylic acids is 2. The van der Waals surface area contributed by atoms with Gasteiger partial charge in [-0.3, -0.25) is 14.5 Å². The molecule has 0 bridgehead atoms. The van der Waals surface area contributed by atoms with E-state index < -0.39 is 41.9 Å². The molecule has 1 aromatic rings. The van der Waals surface area contributed by atoms with E-state index in [-0.39, 0.29) is 18.9 Å². The summed E-state index contributed by atoms with van der Waals surface area (Å²) in [6.45, 7) is 1.53. The molecule has 2 heterocycles. The molecule has 3 rings (SSSR count). The number of nitrogens with zero attached hydrogens (tertiary/aromatic N) is 2. The Labute approximate surface area is 154 Å². The number of likely N-dealkylation sites (tertiary alicyclic amines) is 1. The van der Waals surface area contributed by atoms with Gasteiger partial charge in [0.05, 0.1) is 25.7 Å². The molecule has 0 saturated carbocycles. The van der Waals surface area contributed by atoms with E-state index in [2.05, 4.69) is 0 Å². The Bertz CT molecular complexity index is 731. The second kappa shape index (κ2) is 7.99. The van der Waals surface area contributed by atoms with Gasteiger partial charge in [0.25, 0.3) is 0 Å². The molecule has 2 saturated heterocycles. The molecule has 146 valence electrons. The Morgan fingerprint density at radius 3 is 2.33 bits per heavy atom. The average Bonchev–Trinajstić information content (AvgIpc) is 3.07. The number of hydrogen-bond acceptors (Lipinski definition) is 4. The summed E-state index contributed by atoms with van der Waals surface area (Å²) in [5.74, 6) is -2.91. The van der Waals surface area contributed by atoms with Crippen molar-refractivity contribution in [1.82, 2.24) is 9.80 Å². The number of rotatable bonds is 4. The molecule has 2 unspecified atom stereocenters. The number of morpholine rings is 1. The van der Waals surface area contributed by atoms with Crippen LogP contribution >= 0.6 is 0 Å². The maximum absolute atomic E-state index is 13.5. The van der Waals surface area contributed by atoms with Crippen molar-refractivity contribution < 1.29 is 33.0 Å². The fraction of sp³-hybridized carbons (Fsp3) is 0.500. The van der Waals surface area contributed by atoms with E-state index in [0.717, 1.165) is 23.1 Å². The summed E-state index contributed by atoms with van der Waals surface area (Å²) in [6, 6.07) is 2.00. The zero-order valence-electron chi connectivity index (χ0n) is 14.6. The number of amides is 2. The van der Waals surface area contributed by atoms with Crippen LogP contribution in [0.4, 0.5) is 13.6 Å². The fourth-order valence-corrected chi connectivity index (χ4v) is 3.60. The molecule has 0 aromatic heterocycles. The predicted octanol–water partition coefficient (Wildman–Crippen LogP) is 1.62. The zero-order chi connectivity index (χ0) is 19.6. The third kappa shape index (κ3) is 4.41. The Balaban J connectivity index is 1.71. The third-order valence-electron chi connectivity index (χ3n) is 4.96. The van der Waals surface area contributed by atoms with Gasteiger partial charge < -0.3 is 14.7 Å². The van der Waals surface area contributed by atoms with Crippen molar-refractivity contribution in [3.8, 4) is 0 Å². The molecular weight excluding hydrogens is 362 g/mol. The van der Waals surface area contributed by atoms with Crippen LogP contribution in [-0.2, 0) is 14.3 Å². The minimum atomic E-state index is -1.30. The lowest BCUT2D eigenvalue weighted by atomic mass is 9.94. The summed E-state index contributed by atoms with van der Waals surface area (Å²) in [5, 5.41) is 9.40. The van der Waals surface area contributed by atoms with Gasteiger partial charge in [0, 0.05) is 31.6 Å². The number of halogens is 2. The van der Waals surface area contributed by atoms with Gasteiger partial charge in [-0.15, -0.1) is 0 Å². The van der Waals surface area contributed by atoms with Crippen molar-refractivity contribution in [1.29, 1.82) is 0 Å². The molecule has 0 aliphatic carbocycles. The molecule has 0 spiro atoms. The van der Waals surface area contributed by atoms with Gasteiger partial charge in [-0.2, -0.15) is 0 Å². The van der Waals surface area contributed by atoms with E-state index in [0.29, 0.717) is 31.9 Å². The van der Waals surface area contributed by atoms with E-state index in [4.69, 9.17) is 4.74 Å². The van der Waals surface area contributed by atoms with Crippen molar-refractivity contribution in [2.45, 2.75) is 24.8 Å². The van der Waals surface area contributed by atoms with Gasteiger partial charge >= 0.3 is 6.09 Å². The molecule has 2 atom stereocenters. The second-order valence-electron chi connectivity index (χ2n) is 6.72. The highest BCUT2D eigenvalue weighted by molar-refractivity contribution is 6.01. The number of ether oxygens (including phenoxy) is 1. The van der Waals surface area contributed by atoms with E-state index in [9.17, 15) is 28.3 Å². The van der Waals surface area contributed by atoms with Gasteiger partial charge in [0.2, 0.25) is 5.91 Å². The summed E-state index contributed by atoms with van der Waals surface area (Å²) < 4.78 is 32.1. The predicted molar refractivity (Wildman–Crippen MR) is 89.3 cm³/mol. The van der Waals surface area contributed by atoms with Crippen LogP contribution in [0.15, 0.2) is 18.2 Å². The van der Waals surface area contributed by atoms with E-state index in [1.54, 1.807) is 0 Å². The van der Waals surface area contributed by atoms with Gasteiger partial charge in [-0.25, -0.2) is 13.6 Å². The number of carboxylic acid groups (broad SMARTS) is 1. The maximum Gasteiger partial charge on any atom is 0.407 e. The molecule has 27 heavy (non-hydrogen) atoms. The van der Waals surface area contributed by atoms with Crippen LogP contribution in [0, 0.1) is 11.6 Å². The van der Waals surface area contributed by atoms with Gasteiger partial charge in [0.15, 0.2) is 5.78 Å². The molecule has 1 aromatic carbocycles. The summed E-state index contributed by atoms with van der Waals surface area (Å²) in [5.41, 5.74) is 0.300. The lowest BCUT2D eigenvalue weighted by Gasteiger charge is -2.27. The van der Waals surface area contributed by atoms with Crippen molar-refractivity contribution in [2.24, 2.45) is 0 Å². The molecule has 7 nitrogen and oxygen atoms in total. The normalized spacial score (nSPS) is 22.7. The largest absolute Gasteiger partial charge is 0.465 e. The summed E-state index contributed by atoms with van der Waals surface area (Å²) in [6.07, 6.45) is -1.62. The van der Waals surface area contributed by atoms with Gasteiger partial charge in [0.1, 0.15) is 11.6 Å². The third-order valence-corrected chi connectivity index (χ3v) is 4.96. The lowest BCUT2D eigenvalue weighted by molar-refractivity contribution is -0.139. The average molecular weight is 382 g/mol. The quantitative estimate of drug-likeness (QED) is 0.800. The van der Waals surface area contributed by atoms with E-state index >= 15 is 0 Å². The molecule has 0 radical (unpaired) electrons. The van der Waals surface area contributed by atoms with Crippen molar-refractivity contribution >= 4 is 17.8 Å². The molecular formula is C18H20F2N2O5. The van der Waals surface area contributed by atoms with Crippen LogP contribution in [0.3, 0.4) is 0 Å². The SMILES string of the molecule is O=C(CC(=O)N1CCOCC1)C1CC(c2cc(F)cc(F)c2)CN1C(=O)O. The lowest BCUT2D eigenvalue weighted by Crippen LogP contribution is -2.45. The molecule has 2 fully saturated rings. The Hall–Kier alpha value is -2.55. The van der Waals surface area contributed by atoms with Crippen LogP contribution in [-0.4, -0.2) is 71.6 Å². The minimum Gasteiger partial charge on any atom is -0.465 e. The van der Waals surface area contributed by atoms with E-state index in [1.165, 1.54) is 4.90 Å². The molecule has 2 amide bonds. The van der Waals surface area contributed by atoms with Crippen molar-refractivity contribution in [3.63, 3.8) is 0 Å². The first-order valence-electron chi connectivity index (χ1n) is 8.69. The highest BCUT2D eigenvalue weighted by atomic mass is 19.1. The van der Waals surface area contributed by atoms with Crippen LogP contribution < -0.4 is 0 Å². The molecule has 9 heteroatoms. The molecule has 2 aliphatic heterocycles. The monoisotopic (exact) mass is 382 g/mol. The Kier molecular flexibility index (Phi) is 5.69. The standard InChI is InChI=1S/C18H20F2N2O5/c19-13-5-11(6-14(20)8-13)12-7-15(22(10-12)18(25)26)16(23)9-17(24)21-1-3-27-4-2-21/h5-6,8,12,15H,1-4,7,9-10H2,(H,25,26). The fourth-order valence-electron chi connectivity index (χ4n) is 3.60. The number of Topliss-reactive ketones (excluding diaryl/α,β-unsaturated/α-hetero) is 1. The highest BCUT2D eigenvalue weighted by Gasteiger charge is 2.41. The summed E-state index contributed by atoms with van der Waals surface area (Å²) >= 11 is 0. The summed E-state index contributed by atoms with van der Waals surface area (Å²) in [7, 11) is 0. The van der Waals surface area contributed by atoms with Crippen LogP contribution in [0.5, 0.6) is 0 Å². The van der Waals surface area contributed by atoms with Gasteiger partial charge in [-0.05, 0) is 24.1 Å². The Morgan fingerprint density at radius 1 is 1.11 bits per heavy atom. The second-order valence-corrected chi connectivity index (χ2v) is 6.72. The smallest absolute Gasteiger partial charge is 0.407 e. The first-order chi connectivity index (χ1) is 12.8. The minimum absolute atomic E-state index is 0.0552. The van der Waals surface area contributed by atoms with Crippen LogP contribution in [0.25, 0.3) is 0 Å². The first kappa shape index (κ1) is 19.2. The van der Waals surface area contributed by atoms with E-state index in [1.807, 2.05) is 0 Å².